The minimum absolute atomic E-state index is 0.0146. The Labute approximate surface area is 121 Å². The predicted octanol–water partition coefficient (Wildman–Crippen LogP) is 2.37. The second-order valence-electron chi connectivity index (χ2n) is 4.44. The zero-order chi connectivity index (χ0) is 15.2. The highest BCUT2D eigenvalue weighted by atomic mass is 16.6. The molecule has 0 spiro atoms. The highest BCUT2D eigenvalue weighted by molar-refractivity contribution is 5.74. The average Bonchev–Trinajstić information content (AvgIpc) is 2.91. The summed E-state index contributed by atoms with van der Waals surface area (Å²) in [6.45, 7) is 3.39. The lowest BCUT2D eigenvalue weighted by molar-refractivity contribution is -0.153. The first-order valence-corrected chi connectivity index (χ1v) is 6.34. The Hall–Kier alpha value is -2.81. The number of carbonyl (C=O) groups excluding carboxylic acids is 1. The normalized spacial score (nSPS) is 11.5. The molecule has 1 atom stereocenters. The fraction of sp³-hybridized carbons (Fsp3) is 0.267. The van der Waals surface area contributed by atoms with Crippen LogP contribution in [0.15, 0.2) is 34.9 Å². The molecule has 6 heteroatoms. The van der Waals surface area contributed by atoms with Gasteiger partial charge in [-0.25, -0.2) is 4.79 Å². The van der Waals surface area contributed by atoms with E-state index in [-0.39, 0.29) is 6.61 Å². The van der Waals surface area contributed by atoms with Crippen LogP contribution in [0.25, 0.3) is 0 Å². The number of nitrogens with zero attached hydrogens (tertiary/aromatic N) is 2. The summed E-state index contributed by atoms with van der Waals surface area (Å²) < 4.78 is 15.4. The fourth-order valence-electron chi connectivity index (χ4n) is 1.60. The van der Waals surface area contributed by atoms with Crippen LogP contribution in [0.1, 0.15) is 23.9 Å². The van der Waals surface area contributed by atoms with Gasteiger partial charge >= 0.3 is 5.97 Å². The van der Waals surface area contributed by atoms with Gasteiger partial charge in [-0.2, -0.15) is 5.26 Å². The first-order chi connectivity index (χ1) is 10.1. The molecule has 0 aliphatic rings. The monoisotopic (exact) mass is 286 g/mol. The molecule has 0 radical (unpaired) electrons. The largest absolute Gasteiger partial charge is 0.479 e. The lowest BCUT2D eigenvalue weighted by Crippen LogP contribution is -2.25. The Morgan fingerprint density at radius 1 is 1.43 bits per heavy atom. The van der Waals surface area contributed by atoms with Crippen LogP contribution in [-0.2, 0) is 16.1 Å². The van der Waals surface area contributed by atoms with Crippen LogP contribution in [0.4, 0.5) is 0 Å². The predicted molar refractivity (Wildman–Crippen MR) is 72.3 cm³/mol. The van der Waals surface area contributed by atoms with Crippen molar-refractivity contribution in [3.8, 4) is 11.8 Å². The second kappa shape index (κ2) is 6.57. The molecule has 0 N–H and O–H groups in total. The number of esters is 1. The van der Waals surface area contributed by atoms with E-state index in [1.807, 2.05) is 6.07 Å². The SMILES string of the molecule is Cc1cc(COC(=O)C(C)Oc2ccc(C#N)cc2)on1. The number of ether oxygens (including phenoxy) is 2. The van der Waals surface area contributed by atoms with E-state index >= 15 is 0 Å². The second-order valence-corrected chi connectivity index (χ2v) is 4.44. The standard InChI is InChI=1S/C15H14N2O4/c1-10-7-14(21-17-10)9-19-15(18)11(2)20-13-5-3-12(8-16)4-6-13/h3-7,11H,9H2,1-2H3. The summed E-state index contributed by atoms with van der Waals surface area (Å²) in [5.74, 6) is 0.466. The van der Waals surface area contributed by atoms with Crippen LogP contribution in [0.5, 0.6) is 5.75 Å². The quantitative estimate of drug-likeness (QED) is 0.784. The van der Waals surface area contributed by atoms with Gasteiger partial charge in [0.05, 0.1) is 17.3 Å². The Kier molecular flexibility index (Phi) is 4.57. The molecule has 108 valence electrons. The first-order valence-electron chi connectivity index (χ1n) is 6.34. The van der Waals surface area contributed by atoms with Crippen molar-refractivity contribution in [2.45, 2.75) is 26.6 Å². The lowest BCUT2D eigenvalue weighted by Gasteiger charge is -2.13. The highest BCUT2D eigenvalue weighted by Gasteiger charge is 2.17. The number of rotatable bonds is 5. The third-order valence-electron chi connectivity index (χ3n) is 2.66. The summed E-state index contributed by atoms with van der Waals surface area (Å²) in [7, 11) is 0. The van der Waals surface area contributed by atoms with E-state index in [0.717, 1.165) is 5.69 Å². The molecule has 2 aromatic rings. The zero-order valence-electron chi connectivity index (χ0n) is 11.7. The van der Waals surface area contributed by atoms with Crippen molar-refractivity contribution in [2.24, 2.45) is 0 Å². The Morgan fingerprint density at radius 2 is 2.14 bits per heavy atom. The number of benzene rings is 1. The first kappa shape index (κ1) is 14.6. The van der Waals surface area contributed by atoms with Crippen molar-refractivity contribution in [1.82, 2.24) is 5.16 Å². The molecule has 21 heavy (non-hydrogen) atoms. The molecule has 0 aliphatic carbocycles. The van der Waals surface area contributed by atoms with Gasteiger partial charge in [0, 0.05) is 6.07 Å². The summed E-state index contributed by atoms with van der Waals surface area (Å²) >= 11 is 0. The maximum absolute atomic E-state index is 11.8. The molecular weight excluding hydrogens is 272 g/mol. The number of aromatic nitrogens is 1. The van der Waals surface area contributed by atoms with Crippen molar-refractivity contribution in [1.29, 1.82) is 5.26 Å². The van der Waals surface area contributed by atoms with Crippen molar-refractivity contribution < 1.29 is 18.8 Å². The minimum Gasteiger partial charge on any atom is -0.479 e. The van der Waals surface area contributed by atoms with Crippen LogP contribution in [0, 0.1) is 18.3 Å². The van der Waals surface area contributed by atoms with Gasteiger partial charge in [-0.3, -0.25) is 0 Å². The molecule has 1 unspecified atom stereocenters. The smallest absolute Gasteiger partial charge is 0.347 e. The topological polar surface area (TPSA) is 85.4 Å². The summed E-state index contributed by atoms with van der Waals surface area (Å²) in [5.41, 5.74) is 1.25. The fourth-order valence-corrected chi connectivity index (χ4v) is 1.60. The molecule has 6 nitrogen and oxygen atoms in total. The number of carbonyl (C=O) groups is 1. The van der Waals surface area contributed by atoms with Crippen LogP contribution in [0.3, 0.4) is 0 Å². The number of hydrogen-bond donors (Lipinski definition) is 0. The molecule has 0 amide bonds. The van der Waals surface area contributed by atoms with Gasteiger partial charge < -0.3 is 14.0 Å². The van der Waals surface area contributed by atoms with Gasteiger partial charge in [-0.1, -0.05) is 5.16 Å². The molecule has 0 saturated carbocycles. The van der Waals surface area contributed by atoms with Crippen LogP contribution in [0.2, 0.25) is 0 Å². The molecule has 2 rings (SSSR count). The molecule has 0 bridgehead atoms. The van der Waals surface area contributed by atoms with E-state index in [9.17, 15) is 4.79 Å². The molecule has 0 fully saturated rings. The molecule has 1 aromatic heterocycles. The maximum Gasteiger partial charge on any atom is 0.347 e. The Bertz CT molecular complexity index is 655. The maximum atomic E-state index is 11.8. The highest BCUT2D eigenvalue weighted by Crippen LogP contribution is 2.14. The van der Waals surface area contributed by atoms with Crippen molar-refractivity contribution in [3.63, 3.8) is 0 Å². The summed E-state index contributed by atoms with van der Waals surface area (Å²) in [6.07, 6.45) is -0.762. The third-order valence-corrected chi connectivity index (χ3v) is 2.66. The van der Waals surface area contributed by atoms with E-state index < -0.39 is 12.1 Å². The van der Waals surface area contributed by atoms with Gasteiger partial charge in [-0.15, -0.1) is 0 Å². The number of hydrogen-bond acceptors (Lipinski definition) is 6. The van der Waals surface area contributed by atoms with Crippen LogP contribution < -0.4 is 4.74 Å². The van der Waals surface area contributed by atoms with E-state index in [2.05, 4.69) is 5.16 Å². The van der Waals surface area contributed by atoms with Crippen LogP contribution in [-0.4, -0.2) is 17.2 Å². The Balaban J connectivity index is 1.85. The minimum atomic E-state index is -0.762. The van der Waals surface area contributed by atoms with Crippen molar-refractivity contribution in [2.75, 3.05) is 0 Å². The zero-order valence-corrected chi connectivity index (χ0v) is 11.7. The van der Waals surface area contributed by atoms with Crippen molar-refractivity contribution in [3.05, 3.63) is 47.3 Å². The molecular formula is C15H14N2O4. The number of aryl methyl sites for hydroxylation is 1. The van der Waals surface area contributed by atoms with Gasteiger partial charge in [0.1, 0.15) is 5.75 Å². The molecule has 0 saturated heterocycles. The van der Waals surface area contributed by atoms with Crippen LogP contribution >= 0.6 is 0 Å². The van der Waals surface area contributed by atoms with Gasteiger partial charge in [-0.05, 0) is 38.1 Å². The van der Waals surface area contributed by atoms with Gasteiger partial charge in [0.25, 0.3) is 0 Å². The van der Waals surface area contributed by atoms with Gasteiger partial charge in [0.15, 0.2) is 18.5 Å². The van der Waals surface area contributed by atoms with E-state index in [0.29, 0.717) is 17.1 Å². The number of nitriles is 1. The third kappa shape index (κ3) is 4.08. The van der Waals surface area contributed by atoms with Gasteiger partial charge in [0.2, 0.25) is 0 Å². The average molecular weight is 286 g/mol. The molecule has 1 heterocycles. The van der Waals surface area contributed by atoms with E-state index in [1.165, 1.54) is 0 Å². The molecule has 0 aliphatic heterocycles. The lowest BCUT2D eigenvalue weighted by atomic mass is 10.2. The van der Waals surface area contributed by atoms with Crippen molar-refractivity contribution >= 4 is 5.97 Å². The summed E-state index contributed by atoms with van der Waals surface area (Å²) in [6, 6.07) is 10.2. The Morgan fingerprint density at radius 3 is 2.71 bits per heavy atom. The van der Waals surface area contributed by atoms with E-state index in [4.69, 9.17) is 19.3 Å². The molecule has 1 aromatic carbocycles. The summed E-state index contributed by atoms with van der Waals surface area (Å²) in [4.78, 5) is 11.8. The summed E-state index contributed by atoms with van der Waals surface area (Å²) in [5, 5.41) is 12.4. The van der Waals surface area contributed by atoms with E-state index in [1.54, 1.807) is 44.2 Å².